The molecule has 3 heterocycles. The minimum atomic E-state index is -0.0289. The van der Waals surface area contributed by atoms with Gasteiger partial charge in [-0.25, -0.2) is 0 Å². The number of methoxy groups -OCH3 is 1. The Kier molecular flexibility index (Phi) is 6.16. The third-order valence-electron chi connectivity index (χ3n) is 6.15. The van der Waals surface area contributed by atoms with Crippen molar-refractivity contribution >= 4 is 11.8 Å². The van der Waals surface area contributed by atoms with Gasteiger partial charge in [-0.15, -0.1) is 0 Å². The van der Waals surface area contributed by atoms with Crippen molar-refractivity contribution in [3.05, 3.63) is 59.9 Å². The van der Waals surface area contributed by atoms with Crippen molar-refractivity contribution in [2.45, 2.75) is 25.8 Å². The van der Waals surface area contributed by atoms with E-state index in [0.717, 1.165) is 30.6 Å². The van der Waals surface area contributed by atoms with E-state index in [4.69, 9.17) is 4.74 Å². The maximum absolute atomic E-state index is 13.4. The molecule has 1 unspecified atom stereocenters. The van der Waals surface area contributed by atoms with Gasteiger partial charge >= 0.3 is 0 Å². The number of ether oxygens (including phenoxy) is 1. The van der Waals surface area contributed by atoms with Crippen molar-refractivity contribution in [2.75, 3.05) is 26.7 Å². The number of nitrogens with one attached hydrogen (secondary N) is 1. The number of amides is 2. The fraction of sp³-hybridized carbons (Fsp3) is 0.435. The summed E-state index contributed by atoms with van der Waals surface area (Å²) in [5.74, 6) is 1.26. The first-order chi connectivity index (χ1) is 14.7. The second-order valence-corrected chi connectivity index (χ2v) is 7.98. The number of likely N-dealkylation sites (tertiary alicyclic amines) is 1. The van der Waals surface area contributed by atoms with Crippen molar-refractivity contribution in [1.82, 2.24) is 20.0 Å². The predicted octanol–water partition coefficient (Wildman–Crippen LogP) is 2.88. The number of hydrogen-bond donors (Lipinski definition) is 1. The largest absolute Gasteiger partial charge is 0.497 e. The van der Waals surface area contributed by atoms with Crippen molar-refractivity contribution in [2.24, 2.45) is 11.8 Å². The predicted molar refractivity (Wildman–Crippen MR) is 113 cm³/mol. The molecular weight excluding hydrogens is 380 g/mol. The highest BCUT2D eigenvalue weighted by Crippen LogP contribution is 2.31. The van der Waals surface area contributed by atoms with E-state index in [2.05, 4.69) is 22.3 Å². The second kappa shape index (κ2) is 9.15. The van der Waals surface area contributed by atoms with Gasteiger partial charge in [0.2, 0.25) is 5.91 Å². The number of rotatable bonds is 5. The average molecular weight is 409 g/mol. The quantitative estimate of drug-likeness (QED) is 0.772. The van der Waals surface area contributed by atoms with Gasteiger partial charge in [0.15, 0.2) is 0 Å². The molecule has 1 atom stereocenters. The molecule has 2 aromatic rings. The number of H-pyrrole nitrogens is 1. The van der Waals surface area contributed by atoms with Gasteiger partial charge in [-0.05, 0) is 48.9 Å². The molecule has 1 saturated heterocycles. The summed E-state index contributed by atoms with van der Waals surface area (Å²) in [5.41, 5.74) is 1.59. The Balaban J connectivity index is 1.39. The highest BCUT2D eigenvalue weighted by Gasteiger charge is 2.35. The standard InChI is InChI=1S/C23H28N4O3/c1-30-19-6-4-5-17(15-19)16-27-12-3-2-7-20(22(27)28)18-9-13-26(14-10-18)23(29)21-8-11-24-25-21/h2-6,8,11,15,18,20H,7,9-10,12-14,16H2,1H3,(H,24,25). The second-order valence-electron chi connectivity index (χ2n) is 7.98. The van der Waals surface area contributed by atoms with E-state index in [1.165, 1.54) is 0 Å². The van der Waals surface area contributed by atoms with Gasteiger partial charge in [0.1, 0.15) is 11.4 Å². The summed E-state index contributed by atoms with van der Waals surface area (Å²) in [6.07, 6.45) is 8.28. The maximum Gasteiger partial charge on any atom is 0.271 e. The summed E-state index contributed by atoms with van der Waals surface area (Å²) < 4.78 is 5.31. The number of benzene rings is 1. The van der Waals surface area contributed by atoms with Crippen LogP contribution < -0.4 is 4.74 Å². The molecule has 7 nitrogen and oxygen atoms in total. The third-order valence-corrected chi connectivity index (χ3v) is 6.15. The molecule has 4 rings (SSSR count). The SMILES string of the molecule is COc1cccc(CN2CC=CCC(C3CCN(C(=O)c4ccn[nH]4)CC3)C2=O)c1. The number of piperidine rings is 1. The van der Waals surface area contributed by atoms with Gasteiger partial charge in [0.25, 0.3) is 5.91 Å². The lowest BCUT2D eigenvalue weighted by atomic mass is 9.81. The molecule has 0 saturated carbocycles. The van der Waals surface area contributed by atoms with Crippen LogP contribution in [0.15, 0.2) is 48.7 Å². The molecule has 2 amide bonds. The van der Waals surface area contributed by atoms with E-state index >= 15 is 0 Å². The Bertz CT molecular complexity index is 901. The molecule has 1 aromatic heterocycles. The zero-order valence-corrected chi connectivity index (χ0v) is 17.3. The number of nitrogens with zero attached hydrogens (tertiary/aromatic N) is 3. The van der Waals surface area contributed by atoms with E-state index in [1.807, 2.05) is 34.1 Å². The van der Waals surface area contributed by atoms with Gasteiger partial charge in [-0.2, -0.15) is 5.10 Å². The van der Waals surface area contributed by atoms with Gasteiger partial charge in [0, 0.05) is 38.3 Å². The molecule has 1 fully saturated rings. The molecule has 7 heteroatoms. The van der Waals surface area contributed by atoms with E-state index in [1.54, 1.807) is 19.4 Å². The Morgan fingerprint density at radius 1 is 1.23 bits per heavy atom. The van der Waals surface area contributed by atoms with Gasteiger partial charge in [-0.1, -0.05) is 24.3 Å². The van der Waals surface area contributed by atoms with Crippen LogP contribution in [0.1, 0.15) is 35.3 Å². The van der Waals surface area contributed by atoms with Crippen LogP contribution in [0.25, 0.3) is 0 Å². The van der Waals surface area contributed by atoms with Crippen molar-refractivity contribution in [3.8, 4) is 5.75 Å². The molecule has 1 aromatic carbocycles. The minimum Gasteiger partial charge on any atom is -0.497 e. The Morgan fingerprint density at radius 2 is 2.07 bits per heavy atom. The third kappa shape index (κ3) is 4.40. The van der Waals surface area contributed by atoms with Crippen molar-refractivity contribution in [1.29, 1.82) is 0 Å². The van der Waals surface area contributed by atoms with E-state index < -0.39 is 0 Å². The molecule has 0 radical (unpaired) electrons. The summed E-state index contributed by atoms with van der Waals surface area (Å²) in [7, 11) is 1.65. The minimum absolute atomic E-state index is 0.0160. The van der Waals surface area contributed by atoms with Crippen molar-refractivity contribution < 1.29 is 14.3 Å². The van der Waals surface area contributed by atoms with Crippen LogP contribution in [0.4, 0.5) is 0 Å². The van der Waals surface area contributed by atoms with Crippen molar-refractivity contribution in [3.63, 3.8) is 0 Å². The molecule has 0 spiro atoms. The molecule has 0 aliphatic carbocycles. The van der Waals surface area contributed by atoms with Gasteiger partial charge in [0.05, 0.1) is 7.11 Å². The van der Waals surface area contributed by atoms with Crippen LogP contribution in [-0.2, 0) is 11.3 Å². The summed E-state index contributed by atoms with van der Waals surface area (Å²) in [5, 5.41) is 6.60. The van der Waals surface area contributed by atoms with Crippen LogP contribution in [0.3, 0.4) is 0 Å². The smallest absolute Gasteiger partial charge is 0.271 e. The number of aromatic amines is 1. The average Bonchev–Trinajstić information content (AvgIpc) is 3.26. The molecule has 30 heavy (non-hydrogen) atoms. The monoisotopic (exact) mass is 408 g/mol. The van der Waals surface area contributed by atoms with Crippen LogP contribution in [0, 0.1) is 11.8 Å². The topological polar surface area (TPSA) is 78.5 Å². The molecule has 2 aliphatic heterocycles. The first-order valence-electron chi connectivity index (χ1n) is 10.5. The van der Waals surface area contributed by atoms with Gasteiger partial charge in [-0.3, -0.25) is 14.7 Å². The lowest BCUT2D eigenvalue weighted by Crippen LogP contribution is -2.44. The zero-order valence-electron chi connectivity index (χ0n) is 17.3. The van der Waals surface area contributed by atoms with E-state index in [9.17, 15) is 9.59 Å². The highest BCUT2D eigenvalue weighted by atomic mass is 16.5. The molecule has 158 valence electrons. The summed E-state index contributed by atoms with van der Waals surface area (Å²) >= 11 is 0. The normalized spacial score (nSPS) is 20.3. The molecule has 1 N–H and O–H groups in total. The van der Waals surface area contributed by atoms with E-state index in [0.29, 0.717) is 37.8 Å². The summed E-state index contributed by atoms with van der Waals surface area (Å²) in [6, 6.07) is 9.57. The Hall–Kier alpha value is -3.09. The Morgan fingerprint density at radius 3 is 2.80 bits per heavy atom. The lowest BCUT2D eigenvalue weighted by molar-refractivity contribution is -0.137. The molecule has 2 aliphatic rings. The number of aromatic nitrogens is 2. The highest BCUT2D eigenvalue weighted by molar-refractivity contribution is 5.92. The number of hydrogen-bond acceptors (Lipinski definition) is 4. The maximum atomic E-state index is 13.4. The van der Waals surface area contributed by atoms with Crippen LogP contribution in [-0.4, -0.2) is 58.6 Å². The zero-order chi connectivity index (χ0) is 20.9. The summed E-state index contributed by atoms with van der Waals surface area (Å²) in [6.45, 7) is 2.55. The first kappa shape index (κ1) is 20.2. The fourth-order valence-corrected chi connectivity index (χ4v) is 4.45. The molecule has 0 bridgehead atoms. The van der Waals surface area contributed by atoms with Crippen LogP contribution in [0.5, 0.6) is 5.75 Å². The number of carbonyl (C=O) groups is 2. The number of carbonyl (C=O) groups excluding carboxylic acids is 2. The summed E-state index contributed by atoms with van der Waals surface area (Å²) in [4.78, 5) is 29.7. The van der Waals surface area contributed by atoms with Crippen LogP contribution in [0.2, 0.25) is 0 Å². The first-order valence-corrected chi connectivity index (χ1v) is 10.5. The van der Waals surface area contributed by atoms with Crippen LogP contribution >= 0.6 is 0 Å². The van der Waals surface area contributed by atoms with E-state index in [-0.39, 0.29) is 17.7 Å². The molecular formula is C23H28N4O3. The fourth-order valence-electron chi connectivity index (χ4n) is 4.45. The lowest BCUT2D eigenvalue weighted by Gasteiger charge is -2.36. The van der Waals surface area contributed by atoms with Gasteiger partial charge < -0.3 is 14.5 Å². The number of allylic oxidation sites excluding steroid dienone is 1. The Labute approximate surface area is 176 Å².